The number of nitrogens with zero attached hydrogens (tertiary/aromatic N) is 1. The second kappa shape index (κ2) is 4.72. The van der Waals surface area contributed by atoms with E-state index in [1.54, 1.807) is 13.8 Å². The highest BCUT2D eigenvalue weighted by Crippen LogP contribution is 2.34. The Hall–Kier alpha value is -1.11. The summed E-state index contributed by atoms with van der Waals surface area (Å²) in [6, 6.07) is -1.20. The predicted molar refractivity (Wildman–Crippen MR) is 74.8 cm³/mol. The standard InChI is InChI=1S/C13H22N2O4S/c1-8(2)10-11(16)14-9(3)12(17)15(10)13(4)5-6-20(18,19)7-13/h8-10H,5-7H2,1-4H3,(H,14,16). The van der Waals surface area contributed by atoms with Crippen LogP contribution in [0.2, 0.25) is 0 Å². The van der Waals surface area contributed by atoms with E-state index >= 15 is 0 Å². The maximum absolute atomic E-state index is 12.5. The molecule has 6 nitrogen and oxygen atoms in total. The molecule has 0 aromatic rings. The Balaban J connectivity index is 2.43. The minimum Gasteiger partial charge on any atom is -0.343 e. The van der Waals surface area contributed by atoms with E-state index in [0.717, 1.165) is 0 Å². The molecule has 20 heavy (non-hydrogen) atoms. The zero-order valence-corrected chi connectivity index (χ0v) is 13.2. The topological polar surface area (TPSA) is 83.6 Å². The Labute approximate surface area is 119 Å². The third-order valence-electron chi connectivity index (χ3n) is 4.21. The summed E-state index contributed by atoms with van der Waals surface area (Å²) in [6.45, 7) is 7.15. The lowest BCUT2D eigenvalue weighted by Gasteiger charge is -2.48. The maximum atomic E-state index is 12.5. The van der Waals surface area contributed by atoms with Crippen molar-refractivity contribution >= 4 is 21.7 Å². The molecule has 0 aromatic carbocycles. The van der Waals surface area contributed by atoms with Crippen LogP contribution in [0.4, 0.5) is 0 Å². The quantitative estimate of drug-likeness (QED) is 0.774. The van der Waals surface area contributed by atoms with Crippen molar-refractivity contribution in [3.8, 4) is 0 Å². The highest BCUT2D eigenvalue weighted by Gasteiger charge is 2.52. The van der Waals surface area contributed by atoms with Crippen molar-refractivity contribution in [2.75, 3.05) is 11.5 Å². The van der Waals surface area contributed by atoms with E-state index < -0.39 is 27.5 Å². The van der Waals surface area contributed by atoms with Gasteiger partial charge in [-0.05, 0) is 26.2 Å². The first kappa shape index (κ1) is 15.3. The molecule has 2 aliphatic heterocycles. The SMILES string of the molecule is CC1NC(=O)C(C(C)C)N(C2(C)CCS(=O)(=O)C2)C1=O. The Morgan fingerprint density at radius 1 is 1.35 bits per heavy atom. The van der Waals surface area contributed by atoms with E-state index in [9.17, 15) is 18.0 Å². The van der Waals surface area contributed by atoms with Gasteiger partial charge in [-0.25, -0.2) is 8.42 Å². The summed E-state index contributed by atoms with van der Waals surface area (Å²) in [4.78, 5) is 26.2. The lowest BCUT2D eigenvalue weighted by atomic mass is 9.89. The Kier molecular flexibility index (Phi) is 3.60. The number of carbonyl (C=O) groups excluding carboxylic acids is 2. The van der Waals surface area contributed by atoms with Crippen molar-refractivity contribution in [1.29, 1.82) is 0 Å². The summed E-state index contributed by atoms with van der Waals surface area (Å²) in [7, 11) is -3.14. The molecule has 2 aliphatic rings. The number of carbonyl (C=O) groups is 2. The van der Waals surface area contributed by atoms with Crippen LogP contribution < -0.4 is 5.32 Å². The van der Waals surface area contributed by atoms with Crippen LogP contribution in [0, 0.1) is 5.92 Å². The van der Waals surface area contributed by atoms with Crippen molar-refractivity contribution in [2.24, 2.45) is 5.92 Å². The molecule has 1 N–H and O–H groups in total. The van der Waals surface area contributed by atoms with Crippen LogP contribution in [0.15, 0.2) is 0 Å². The smallest absolute Gasteiger partial charge is 0.246 e. The summed E-state index contributed by atoms with van der Waals surface area (Å²) in [6.07, 6.45) is 0.393. The first-order chi connectivity index (χ1) is 9.07. The maximum Gasteiger partial charge on any atom is 0.246 e. The Morgan fingerprint density at radius 3 is 2.40 bits per heavy atom. The third kappa shape index (κ3) is 2.43. The number of rotatable bonds is 2. The third-order valence-corrected chi connectivity index (χ3v) is 6.10. The molecule has 2 fully saturated rings. The van der Waals surface area contributed by atoms with Crippen molar-refractivity contribution < 1.29 is 18.0 Å². The number of piperazine rings is 1. The second-order valence-electron chi connectivity index (χ2n) is 6.47. The highest BCUT2D eigenvalue weighted by atomic mass is 32.2. The van der Waals surface area contributed by atoms with Crippen LogP contribution in [0.25, 0.3) is 0 Å². The van der Waals surface area contributed by atoms with Gasteiger partial charge in [-0.2, -0.15) is 0 Å². The van der Waals surface area contributed by atoms with Crippen LogP contribution in [0.3, 0.4) is 0 Å². The molecule has 0 aromatic heterocycles. The predicted octanol–water partition coefficient (Wildman–Crippen LogP) is -0.0649. The van der Waals surface area contributed by atoms with Gasteiger partial charge in [0, 0.05) is 0 Å². The van der Waals surface area contributed by atoms with Gasteiger partial charge in [-0.3, -0.25) is 9.59 Å². The van der Waals surface area contributed by atoms with Crippen molar-refractivity contribution in [2.45, 2.75) is 51.7 Å². The van der Waals surface area contributed by atoms with E-state index in [1.807, 2.05) is 13.8 Å². The van der Waals surface area contributed by atoms with E-state index in [0.29, 0.717) is 6.42 Å². The van der Waals surface area contributed by atoms with Gasteiger partial charge in [0.25, 0.3) is 0 Å². The summed E-state index contributed by atoms with van der Waals surface area (Å²) >= 11 is 0. The van der Waals surface area contributed by atoms with Gasteiger partial charge in [-0.15, -0.1) is 0 Å². The molecule has 2 heterocycles. The minimum absolute atomic E-state index is 0.0606. The second-order valence-corrected chi connectivity index (χ2v) is 8.65. The molecule has 0 bridgehead atoms. The number of hydrogen-bond acceptors (Lipinski definition) is 4. The number of amides is 2. The summed E-state index contributed by atoms with van der Waals surface area (Å²) < 4.78 is 23.6. The van der Waals surface area contributed by atoms with Gasteiger partial charge in [0.1, 0.15) is 12.1 Å². The van der Waals surface area contributed by atoms with E-state index in [-0.39, 0.29) is 29.2 Å². The molecule has 0 radical (unpaired) electrons. The van der Waals surface area contributed by atoms with Crippen LogP contribution >= 0.6 is 0 Å². The molecule has 0 saturated carbocycles. The van der Waals surface area contributed by atoms with Crippen LogP contribution in [0.5, 0.6) is 0 Å². The van der Waals surface area contributed by atoms with Gasteiger partial charge in [0.05, 0.1) is 17.0 Å². The van der Waals surface area contributed by atoms with Crippen LogP contribution in [-0.4, -0.2) is 54.3 Å². The fraction of sp³-hybridized carbons (Fsp3) is 0.846. The Morgan fingerprint density at radius 2 is 1.95 bits per heavy atom. The normalized spacial score (nSPS) is 37.4. The zero-order valence-electron chi connectivity index (χ0n) is 12.3. The fourth-order valence-corrected chi connectivity index (χ4v) is 5.34. The molecular weight excluding hydrogens is 280 g/mol. The Bertz CT molecular complexity index is 543. The molecule has 3 unspecified atom stereocenters. The average molecular weight is 302 g/mol. The molecule has 114 valence electrons. The summed E-state index contributed by atoms with van der Waals surface area (Å²) in [5, 5.41) is 2.67. The number of sulfone groups is 1. The highest BCUT2D eigenvalue weighted by molar-refractivity contribution is 7.91. The van der Waals surface area contributed by atoms with Gasteiger partial charge in [0.15, 0.2) is 9.84 Å². The molecular formula is C13H22N2O4S. The van der Waals surface area contributed by atoms with Gasteiger partial charge in [0.2, 0.25) is 11.8 Å². The molecule has 2 rings (SSSR count). The molecule has 0 spiro atoms. The van der Waals surface area contributed by atoms with Crippen molar-refractivity contribution in [3.63, 3.8) is 0 Å². The van der Waals surface area contributed by atoms with Crippen molar-refractivity contribution in [3.05, 3.63) is 0 Å². The van der Waals surface area contributed by atoms with E-state index in [4.69, 9.17) is 0 Å². The lowest BCUT2D eigenvalue weighted by Crippen LogP contribution is -2.70. The van der Waals surface area contributed by atoms with Crippen LogP contribution in [0.1, 0.15) is 34.1 Å². The number of hydrogen-bond donors (Lipinski definition) is 1. The van der Waals surface area contributed by atoms with Gasteiger partial charge >= 0.3 is 0 Å². The monoisotopic (exact) mass is 302 g/mol. The van der Waals surface area contributed by atoms with Crippen LogP contribution in [-0.2, 0) is 19.4 Å². The van der Waals surface area contributed by atoms with E-state index in [2.05, 4.69) is 5.32 Å². The minimum atomic E-state index is -3.14. The van der Waals surface area contributed by atoms with Gasteiger partial charge < -0.3 is 10.2 Å². The number of nitrogens with one attached hydrogen (secondary N) is 1. The molecule has 2 saturated heterocycles. The molecule has 0 aliphatic carbocycles. The van der Waals surface area contributed by atoms with E-state index in [1.165, 1.54) is 4.90 Å². The van der Waals surface area contributed by atoms with Crippen molar-refractivity contribution in [1.82, 2.24) is 10.2 Å². The summed E-state index contributed by atoms with van der Waals surface area (Å²) in [5.74, 6) is -0.435. The summed E-state index contributed by atoms with van der Waals surface area (Å²) in [5.41, 5.74) is -0.781. The molecule has 7 heteroatoms. The van der Waals surface area contributed by atoms with Gasteiger partial charge in [-0.1, -0.05) is 13.8 Å². The fourth-order valence-electron chi connectivity index (χ4n) is 3.21. The largest absolute Gasteiger partial charge is 0.343 e. The molecule has 2 amide bonds. The average Bonchev–Trinajstić information content (AvgIpc) is 2.58. The molecule has 3 atom stereocenters. The zero-order chi connectivity index (χ0) is 15.3. The first-order valence-electron chi connectivity index (χ1n) is 6.91. The first-order valence-corrected chi connectivity index (χ1v) is 8.73. The lowest BCUT2D eigenvalue weighted by molar-refractivity contribution is -0.157.